The number of pyridine rings is 1. The first kappa shape index (κ1) is 12.4. The number of hydrogen-bond acceptors (Lipinski definition) is 3. The molecular weight excluding hydrogens is 249 g/mol. The number of nitrogens with one attached hydrogen (secondary N) is 1. The van der Waals surface area contributed by atoms with Crippen LogP contribution in [0.15, 0.2) is 36.5 Å². The molecule has 0 aliphatic rings. The highest BCUT2D eigenvalue weighted by Gasteiger charge is 2.01. The molecule has 92 valence electrons. The lowest BCUT2D eigenvalue weighted by molar-refractivity contribution is 0.619. The highest BCUT2D eigenvalue weighted by atomic mass is 32.1. The molecule has 3 nitrogen and oxygen atoms in total. The minimum atomic E-state index is -0.225. The summed E-state index contributed by atoms with van der Waals surface area (Å²) in [7, 11) is 0. The van der Waals surface area contributed by atoms with Crippen molar-refractivity contribution in [3.63, 3.8) is 0 Å². The molecule has 5 heteroatoms. The predicted octanol–water partition coefficient (Wildman–Crippen LogP) is 2.91. The fourth-order valence-electron chi connectivity index (χ4n) is 1.48. The molecule has 0 aliphatic carbocycles. The molecule has 0 aliphatic heterocycles. The van der Waals surface area contributed by atoms with Gasteiger partial charge in [0.05, 0.1) is 0 Å². The Morgan fingerprint density at radius 2 is 2.11 bits per heavy atom. The minimum absolute atomic E-state index is 0.225. The van der Waals surface area contributed by atoms with E-state index in [1.165, 1.54) is 6.07 Å². The number of aryl methyl sites for hydroxylation is 1. The van der Waals surface area contributed by atoms with Crippen LogP contribution >= 0.6 is 12.2 Å². The number of nitrogens with zero attached hydrogens (tertiary/aromatic N) is 1. The second-order valence-electron chi connectivity index (χ2n) is 3.89. The van der Waals surface area contributed by atoms with E-state index >= 15 is 0 Å². The van der Waals surface area contributed by atoms with Gasteiger partial charge in [-0.3, -0.25) is 0 Å². The molecule has 18 heavy (non-hydrogen) atoms. The van der Waals surface area contributed by atoms with Crippen LogP contribution in [-0.4, -0.2) is 9.97 Å². The van der Waals surface area contributed by atoms with Crippen LogP contribution in [0.2, 0.25) is 0 Å². The van der Waals surface area contributed by atoms with E-state index in [0.29, 0.717) is 21.9 Å². The first-order valence-corrected chi connectivity index (χ1v) is 5.76. The summed E-state index contributed by atoms with van der Waals surface area (Å²) in [6.07, 6.45) is 1.60. The van der Waals surface area contributed by atoms with Crippen molar-refractivity contribution in [2.24, 2.45) is 5.73 Å². The monoisotopic (exact) mass is 261 g/mol. The first-order chi connectivity index (χ1) is 8.56. The van der Waals surface area contributed by atoms with Gasteiger partial charge in [0, 0.05) is 17.4 Å². The molecule has 1 aromatic carbocycles. The van der Waals surface area contributed by atoms with Crippen LogP contribution < -0.4 is 11.1 Å². The number of hydrogen-bond donors (Lipinski definition) is 2. The quantitative estimate of drug-likeness (QED) is 0.834. The Balaban J connectivity index is 2.18. The fraction of sp³-hybridized carbons (Fsp3) is 0.0769. The largest absolute Gasteiger partial charge is 0.389 e. The van der Waals surface area contributed by atoms with E-state index in [-0.39, 0.29) is 5.82 Å². The molecule has 1 aromatic heterocycles. The Hall–Kier alpha value is -2.01. The second kappa shape index (κ2) is 5.10. The number of nitrogens with two attached hydrogens (primary N) is 1. The van der Waals surface area contributed by atoms with E-state index in [1.54, 1.807) is 37.4 Å². The van der Waals surface area contributed by atoms with Crippen LogP contribution in [0.5, 0.6) is 0 Å². The Morgan fingerprint density at radius 3 is 2.67 bits per heavy atom. The molecule has 0 saturated heterocycles. The molecule has 3 N–H and O–H groups in total. The topological polar surface area (TPSA) is 50.9 Å². The molecule has 0 fully saturated rings. The molecule has 0 atom stereocenters. The van der Waals surface area contributed by atoms with Gasteiger partial charge in [-0.2, -0.15) is 0 Å². The lowest BCUT2D eigenvalue weighted by Gasteiger charge is -2.07. The summed E-state index contributed by atoms with van der Waals surface area (Å²) in [6.45, 7) is 1.71. The van der Waals surface area contributed by atoms with Gasteiger partial charge in [-0.1, -0.05) is 12.2 Å². The number of rotatable bonds is 3. The smallest absolute Gasteiger partial charge is 0.130 e. The Labute approximate surface area is 110 Å². The van der Waals surface area contributed by atoms with Gasteiger partial charge in [-0.05, 0) is 42.8 Å². The van der Waals surface area contributed by atoms with Gasteiger partial charge in [-0.15, -0.1) is 0 Å². The van der Waals surface area contributed by atoms with Gasteiger partial charge >= 0.3 is 0 Å². The summed E-state index contributed by atoms with van der Waals surface area (Å²) in [4.78, 5) is 4.49. The molecule has 1 heterocycles. The van der Waals surface area contributed by atoms with E-state index in [1.807, 2.05) is 0 Å². The molecule has 0 bridgehead atoms. The lowest BCUT2D eigenvalue weighted by atomic mass is 10.2. The average Bonchev–Trinajstić information content (AvgIpc) is 2.34. The number of halogens is 1. The SMILES string of the molecule is Cc1cc(Nc2ccc(C(N)=S)cn2)ccc1F. The maximum atomic E-state index is 13.1. The zero-order chi connectivity index (χ0) is 13.1. The molecule has 0 saturated carbocycles. The third kappa shape index (κ3) is 2.81. The highest BCUT2D eigenvalue weighted by molar-refractivity contribution is 7.80. The van der Waals surface area contributed by atoms with E-state index < -0.39 is 0 Å². The summed E-state index contributed by atoms with van der Waals surface area (Å²) >= 11 is 4.84. The standard InChI is InChI=1S/C13H12FN3S/c1-8-6-10(3-4-11(8)14)17-12-5-2-9(7-16-12)13(15)18/h2-7H,1H3,(H2,15,18)(H,16,17). The van der Waals surface area contributed by atoms with Crippen molar-refractivity contribution >= 4 is 28.7 Å². The lowest BCUT2D eigenvalue weighted by Crippen LogP contribution is -2.09. The zero-order valence-electron chi connectivity index (χ0n) is 9.77. The number of benzene rings is 1. The summed E-state index contributed by atoms with van der Waals surface area (Å²) < 4.78 is 13.1. The van der Waals surface area contributed by atoms with Gasteiger partial charge in [0.25, 0.3) is 0 Å². The zero-order valence-corrected chi connectivity index (χ0v) is 10.6. The van der Waals surface area contributed by atoms with E-state index in [0.717, 1.165) is 5.69 Å². The van der Waals surface area contributed by atoms with Gasteiger partial charge in [-0.25, -0.2) is 9.37 Å². The summed E-state index contributed by atoms with van der Waals surface area (Å²) in [5.41, 5.74) is 7.56. The normalized spacial score (nSPS) is 10.1. The van der Waals surface area contributed by atoms with Crippen LogP contribution in [0, 0.1) is 12.7 Å². The average molecular weight is 261 g/mol. The second-order valence-corrected chi connectivity index (χ2v) is 4.33. The van der Waals surface area contributed by atoms with Crippen LogP contribution in [0.3, 0.4) is 0 Å². The summed E-state index contributed by atoms with van der Waals surface area (Å²) in [5, 5.41) is 3.08. The van der Waals surface area contributed by atoms with Gasteiger partial charge < -0.3 is 11.1 Å². The van der Waals surface area contributed by atoms with E-state index in [4.69, 9.17) is 18.0 Å². The van der Waals surface area contributed by atoms with Crippen LogP contribution in [0.1, 0.15) is 11.1 Å². The number of anilines is 2. The number of thiocarbonyl (C=S) groups is 1. The van der Waals surface area contributed by atoms with Crippen molar-refractivity contribution in [1.29, 1.82) is 0 Å². The van der Waals surface area contributed by atoms with Crippen molar-refractivity contribution in [2.45, 2.75) is 6.92 Å². The van der Waals surface area contributed by atoms with Crippen molar-refractivity contribution in [3.05, 3.63) is 53.5 Å². The molecule has 0 spiro atoms. The number of aromatic nitrogens is 1. The van der Waals surface area contributed by atoms with Crippen LogP contribution in [0.25, 0.3) is 0 Å². The summed E-state index contributed by atoms with van der Waals surface area (Å²) in [6, 6.07) is 8.35. The van der Waals surface area contributed by atoms with Crippen LogP contribution in [0.4, 0.5) is 15.9 Å². The van der Waals surface area contributed by atoms with Gasteiger partial charge in [0.2, 0.25) is 0 Å². The molecular formula is C13H12FN3S. The van der Waals surface area contributed by atoms with Crippen molar-refractivity contribution < 1.29 is 4.39 Å². The molecule has 0 amide bonds. The van der Waals surface area contributed by atoms with Crippen molar-refractivity contribution in [1.82, 2.24) is 4.98 Å². The molecule has 2 rings (SSSR count). The molecule has 2 aromatic rings. The highest BCUT2D eigenvalue weighted by Crippen LogP contribution is 2.17. The molecule has 0 radical (unpaired) electrons. The Kier molecular flexibility index (Phi) is 3.53. The van der Waals surface area contributed by atoms with E-state index in [2.05, 4.69) is 10.3 Å². The third-order valence-electron chi connectivity index (χ3n) is 2.48. The van der Waals surface area contributed by atoms with Crippen LogP contribution in [-0.2, 0) is 0 Å². The van der Waals surface area contributed by atoms with Crippen molar-refractivity contribution in [2.75, 3.05) is 5.32 Å². The predicted molar refractivity (Wildman–Crippen MR) is 74.5 cm³/mol. The fourth-order valence-corrected chi connectivity index (χ4v) is 1.60. The Morgan fingerprint density at radius 1 is 1.33 bits per heavy atom. The first-order valence-electron chi connectivity index (χ1n) is 5.35. The molecule has 0 unspecified atom stereocenters. The minimum Gasteiger partial charge on any atom is -0.389 e. The Bertz CT molecular complexity index is 581. The van der Waals surface area contributed by atoms with Gasteiger partial charge in [0.1, 0.15) is 16.6 Å². The maximum absolute atomic E-state index is 13.1. The third-order valence-corrected chi connectivity index (χ3v) is 2.71. The maximum Gasteiger partial charge on any atom is 0.130 e. The van der Waals surface area contributed by atoms with E-state index in [9.17, 15) is 4.39 Å². The van der Waals surface area contributed by atoms with Gasteiger partial charge in [0.15, 0.2) is 0 Å². The van der Waals surface area contributed by atoms with Crippen molar-refractivity contribution in [3.8, 4) is 0 Å². The summed E-state index contributed by atoms with van der Waals surface area (Å²) in [5.74, 6) is 0.429.